The van der Waals surface area contributed by atoms with Crippen molar-refractivity contribution in [3.05, 3.63) is 12.7 Å². The van der Waals surface area contributed by atoms with Gasteiger partial charge in [-0.25, -0.2) is 0 Å². The van der Waals surface area contributed by atoms with E-state index in [-0.39, 0.29) is 0 Å². The van der Waals surface area contributed by atoms with Gasteiger partial charge in [-0.3, -0.25) is 0 Å². The van der Waals surface area contributed by atoms with Crippen molar-refractivity contribution in [1.29, 1.82) is 0 Å². The van der Waals surface area contributed by atoms with Crippen LogP contribution in [0.1, 0.15) is 25.7 Å². The lowest BCUT2D eigenvalue weighted by molar-refractivity contribution is 0.152. The fraction of sp³-hybridized carbons (Fsp3) is 0.833. The molecule has 0 atom stereocenters. The number of rotatable bonds is 6. The molecule has 2 heteroatoms. The van der Waals surface area contributed by atoms with Gasteiger partial charge in [0.1, 0.15) is 0 Å². The van der Waals surface area contributed by atoms with Crippen molar-refractivity contribution in [2.45, 2.75) is 25.7 Å². The van der Waals surface area contributed by atoms with Gasteiger partial charge in [0.25, 0.3) is 0 Å². The lowest BCUT2D eigenvalue weighted by Gasteiger charge is -2.32. The van der Waals surface area contributed by atoms with Gasteiger partial charge in [0.05, 0.1) is 0 Å². The molecule has 0 spiro atoms. The van der Waals surface area contributed by atoms with Gasteiger partial charge in [0.15, 0.2) is 0 Å². The Morgan fingerprint density at radius 2 is 1.79 bits per heavy atom. The molecule has 0 aromatic heterocycles. The van der Waals surface area contributed by atoms with Crippen LogP contribution in [0.3, 0.4) is 0 Å². The van der Waals surface area contributed by atoms with Crippen molar-refractivity contribution < 1.29 is 0 Å². The highest BCUT2D eigenvalue weighted by atomic mass is 15.2. The Labute approximate surface area is 88.6 Å². The summed E-state index contributed by atoms with van der Waals surface area (Å²) in [7, 11) is 2.21. The molecule has 1 fully saturated rings. The fourth-order valence-corrected chi connectivity index (χ4v) is 1.87. The molecule has 1 heterocycles. The molecular weight excluding hydrogens is 172 g/mol. The number of unbranched alkanes of at least 4 members (excludes halogenated alkanes) is 3. The zero-order valence-electron chi connectivity index (χ0n) is 9.54. The van der Waals surface area contributed by atoms with E-state index in [4.69, 9.17) is 0 Å². The second-order valence-electron chi connectivity index (χ2n) is 4.28. The summed E-state index contributed by atoms with van der Waals surface area (Å²) >= 11 is 0. The van der Waals surface area contributed by atoms with Crippen LogP contribution in [0.2, 0.25) is 0 Å². The minimum atomic E-state index is 1.18. The standard InChI is InChI=1S/C12H24N2/c1-3-4-5-6-7-8-14-11-9-13(2)10-12-14/h3H,1,4-12H2,2H3. The summed E-state index contributed by atoms with van der Waals surface area (Å²) in [5.74, 6) is 0. The summed E-state index contributed by atoms with van der Waals surface area (Å²) in [6.07, 6.45) is 7.24. The molecule has 0 radical (unpaired) electrons. The molecule has 1 saturated heterocycles. The summed E-state index contributed by atoms with van der Waals surface area (Å²) in [4.78, 5) is 5.00. The number of likely N-dealkylation sites (N-methyl/N-ethyl adjacent to an activating group) is 1. The lowest BCUT2D eigenvalue weighted by Crippen LogP contribution is -2.44. The van der Waals surface area contributed by atoms with Crippen LogP contribution in [0, 0.1) is 0 Å². The Morgan fingerprint density at radius 1 is 1.07 bits per heavy atom. The van der Waals surface area contributed by atoms with Crippen LogP contribution in [0.5, 0.6) is 0 Å². The molecule has 0 aromatic carbocycles. The van der Waals surface area contributed by atoms with E-state index in [9.17, 15) is 0 Å². The first-order chi connectivity index (χ1) is 6.83. The van der Waals surface area contributed by atoms with E-state index < -0.39 is 0 Å². The summed E-state index contributed by atoms with van der Waals surface area (Å²) in [5.41, 5.74) is 0. The summed E-state index contributed by atoms with van der Waals surface area (Å²) < 4.78 is 0. The Bertz CT molecular complexity index is 148. The SMILES string of the molecule is C=CCCCCCN1CCN(C)CC1. The molecule has 1 aliphatic heterocycles. The Morgan fingerprint density at radius 3 is 2.43 bits per heavy atom. The van der Waals surface area contributed by atoms with Crippen molar-refractivity contribution in [3.8, 4) is 0 Å². The zero-order chi connectivity index (χ0) is 10.2. The Kier molecular flexibility index (Phi) is 5.88. The predicted octanol–water partition coefficient (Wildman–Crippen LogP) is 1.98. The van der Waals surface area contributed by atoms with Crippen LogP contribution in [0.4, 0.5) is 0 Å². The summed E-state index contributed by atoms with van der Waals surface area (Å²) in [6.45, 7) is 10.0. The number of piperazine rings is 1. The van der Waals surface area contributed by atoms with Gasteiger partial charge >= 0.3 is 0 Å². The van der Waals surface area contributed by atoms with Gasteiger partial charge in [-0.2, -0.15) is 0 Å². The molecule has 1 rings (SSSR count). The molecule has 1 aliphatic rings. The second kappa shape index (κ2) is 7.02. The molecule has 0 aliphatic carbocycles. The second-order valence-corrected chi connectivity index (χ2v) is 4.28. The van der Waals surface area contributed by atoms with Gasteiger partial charge < -0.3 is 9.80 Å². The maximum Gasteiger partial charge on any atom is 0.0110 e. The third-order valence-electron chi connectivity index (χ3n) is 2.98. The smallest absolute Gasteiger partial charge is 0.0110 e. The minimum Gasteiger partial charge on any atom is -0.304 e. The van der Waals surface area contributed by atoms with Crippen molar-refractivity contribution in [3.63, 3.8) is 0 Å². The van der Waals surface area contributed by atoms with E-state index in [1.807, 2.05) is 6.08 Å². The van der Waals surface area contributed by atoms with Crippen LogP contribution >= 0.6 is 0 Å². The summed E-state index contributed by atoms with van der Waals surface area (Å²) in [5, 5.41) is 0. The third-order valence-corrected chi connectivity index (χ3v) is 2.98. The molecule has 0 saturated carbocycles. The third kappa shape index (κ3) is 4.77. The fourth-order valence-electron chi connectivity index (χ4n) is 1.87. The van der Waals surface area contributed by atoms with Crippen LogP contribution < -0.4 is 0 Å². The van der Waals surface area contributed by atoms with Crippen LogP contribution in [0.15, 0.2) is 12.7 Å². The monoisotopic (exact) mass is 196 g/mol. The van der Waals surface area contributed by atoms with Crippen molar-refractivity contribution in [2.75, 3.05) is 39.8 Å². The Balaban J connectivity index is 1.93. The van der Waals surface area contributed by atoms with E-state index in [2.05, 4.69) is 23.4 Å². The van der Waals surface area contributed by atoms with E-state index in [0.717, 1.165) is 0 Å². The van der Waals surface area contributed by atoms with E-state index in [1.165, 1.54) is 58.4 Å². The molecule has 14 heavy (non-hydrogen) atoms. The Hall–Kier alpha value is -0.340. The zero-order valence-corrected chi connectivity index (χ0v) is 9.54. The van der Waals surface area contributed by atoms with Gasteiger partial charge in [0.2, 0.25) is 0 Å². The molecule has 0 amide bonds. The number of hydrogen-bond acceptors (Lipinski definition) is 2. The van der Waals surface area contributed by atoms with E-state index in [0.29, 0.717) is 0 Å². The van der Waals surface area contributed by atoms with Crippen molar-refractivity contribution in [2.24, 2.45) is 0 Å². The van der Waals surface area contributed by atoms with Gasteiger partial charge in [0, 0.05) is 26.2 Å². The first kappa shape index (κ1) is 11.7. The first-order valence-electron chi connectivity index (χ1n) is 5.84. The molecule has 0 bridgehead atoms. The van der Waals surface area contributed by atoms with Crippen molar-refractivity contribution in [1.82, 2.24) is 9.80 Å². The number of hydrogen-bond donors (Lipinski definition) is 0. The number of allylic oxidation sites excluding steroid dienone is 1. The highest BCUT2D eigenvalue weighted by molar-refractivity contribution is 4.70. The normalized spacial score (nSPS) is 19.8. The predicted molar refractivity (Wildman–Crippen MR) is 62.6 cm³/mol. The summed E-state index contributed by atoms with van der Waals surface area (Å²) in [6, 6.07) is 0. The highest BCUT2D eigenvalue weighted by Gasteiger charge is 2.12. The van der Waals surface area contributed by atoms with Crippen molar-refractivity contribution >= 4 is 0 Å². The molecule has 0 N–H and O–H groups in total. The molecule has 0 aromatic rings. The topological polar surface area (TPSA) is 6.48 Å². The molecule has 0 unspecified atom stereocenters. The maximum absolute atomic E-state index is 3.74. The minimum absolute atomic E-state index is 1.18. The number of nitrogens with zero attached hydrogens (tertiary/aromatic N) is 2. The van der Waals surface area contributed by atoms with Crippen LogP contribution in [0.25, 0.3) is 0 Å². The average Bonchev–Trinajstić information content (AvgIpc) is 2.21. The van der Waals surface area contributed by atoms with E-state index >= 15 is 0 Å². The van der Waals surface area contributed by atoms with Crippen LogP contribution in [-0.4, -0.2) is 49.6 Å². The van der Waals surface area contributed by atoms with Gasteiger partial charge in [-0.1, -0.05) is 12.5 Å². The molecule has 2 nitrogen and oxygen atoms in total. The van der Waals surface area contributed by atoms with Crippen LogP contribution in [-0.2, 0) is 0 Å². The largest absolute Gasteiger partial charge is 0.304 e. The maximum atomic E-state index is 3.74. The first-order valence-corrected chi connectivity index (χ1v) is 5.84. The van der Waals surface area contributed by atoms with E-state index in [1.54, 1.807) is 0 Å². The average molecular weight is 196 g/mol. The lowest BCUT2D eigenvalue weighted by atomic mass is 10.2. The molecule has 82 valence electrons. The van der Waals surface area contributed by atoms with Gasteiger partial charge in [-0.05, 0) is 32.9 Å². The highest BCUT2D eigenvalue weighted by Crippen LogP contribution is 2.04. The molecular formula is C12H24N2. The van der Waals surface area contributed by atoms with Gasteiger partial charge in [-0.15, -0.1) is 6.58 Å². The quantitative estimate of drug-likeness (QED) is 0.473.